The summed E-state index contributed by atoms with van der Waals surface area (Å²) in [5.74, 6) is -0.201. The van der Waals surface area contributed by atoms with Gasteiger partial charge in [-0.25, -0.2) is 4.39 Å². The third-order valence-corrected chi connectivity index (χ3v) is 8.06. The Morgan fingerprint density at radius 3 is 2.77 bits per heavy atom. The molecule has 1 fully saturated rings. The molecule has 3 aliphatic rings. The number of nitrogens with zero attached hydrogens (tertiary/aromatic N) is 2. The molecule has 1 saturated heterocycles. The lowest BCUT2D eigenvalue weighted by molar-refractivity contribution is -0.122. The minimum Gasteiger partial charge on any atom is -0.490 e. The number of alkyl halides is 4. The van der Waals surface area contributed by atoms with Crippen LogP contribution < -0.4 is 26.0 Å². The number of nitrogens with one attached hydrogen (secondary N) is 4. The molecule has 14 heteroatoms. The van der Waals surface area contributed by atoms with E-state index in [1.54, 1.807) is 59.6 Å². The normalized spacial score (nSPS) is 22.3. The molecule has 9 nitrogen and oxygen atoms in total. The van der Waals surface area contributed by atoms with Gasteiger partial charge in [-0.05, 0) is 42.8 Å². The Kier molecular flexibility index (Phi) is 9.35. The predicted molar refractivity (Wildman–Crippen MR) is 159 cm³/mol. The lowest BCUT2D eigenvalue weighted by Crippen LogP contribution is -2.50. The van der Waals surface area contributed by atoms with Gasteiger partial charge in [0.1, 0.15) is 18.5 Å². The van der Waals surface area contributed by atoms with Crippen molar-refractivity contribution in [3.8, 4) is 5.75 Å². The van der Waals surface area contributed by atoms with Crippen LogP contribution >= 0.6 is 11.8 Å². The molecule has 0 aliphatic carbocycles. The van der Waals surface area contributed by atoms with Gasteiger partial charge in [-0.1, -0.05) is 12.2 Å². The number of ether oxygens (including phenoxy) is 1. The number of rotatable bonds is 2. The molecule has 1 unspecified atom stereocenters. The molecule has 2 amide bonds. The smallest absolute Gasteiger partial charge is 0.447 e. The summed E-state index contributed by atoms with van der Waals surface area (Å²) in [5.41, 5.74) is -2.23. The van der Waals surface area contributed by atoms with Gasteiger partial charge < -0.3 is 30.4 Å². The molecule has 230 valence electrons. The fourth-order valence-corrected chi connectivity index (χ4v) is 5.89. The highest BCUT2D eigenvalue weighted by Crippen LogP contribution is 2.41. The number of hydrogen-bond acceptors (Lipinski definition) is 7. The Bertz CT molecular complexity index is 1510. The Hall–Kier alpha value is -3.91. The van der Waals surface area contributed by atoms with Crippen LogP contribution in [-0.4, -0.2) is 85.2 Å². The Labute approximate surface area is 250 Å². The van der Waals surface area contributed by atoms with Crippen LogP contribution in [0, 0.1) is 0 Å². The number of carbonyl (C=O) groups is 2. The van der Waals surface area contributed by atoms with Gasteiger partial charge in [0.05, 0.1) is 41.0 Å². The highest BCUT2D eigenvalue weighted by Gasteiger charge is 2.33. The zero-order valence-corrected chi connectivity index (χ0v) is 24.2. The van der Waals surface area contributed by atoms with Crippen LogP contribution in [0.1, 0.15) is 22.3 Å². The summed E-state index contributed by atoms with van der Waals surface area (Å²) in [5, 5.41) is 11.7. The second-order valence-corrected chi connectivity index (χ2v) is 11.2. The molecular weight excluding hydrogens is 588 g/mol. The van der Waals surface area contributed by atoms with Gasteiger partial charge in [-0.3, -0.25) is 14.5 Å². The van der Waals surface area contributed by atoms with Crippen molar-refractivity contribution in [3.63, 3.8) is 0 Å². The quantitative estimate of drug-likeness (QED) is 0.250. The van der Waals surface area contributed by atoms with Gasteiger partial charge in [-0.15, -0.1) is 0 Å². The van der Waals surface area contributed by atoms with E-state index in [1.807, 2.05) is 0 Å². The van der Waals surface area contributed by atoms with Crippen molar-refractivity contribution in [3.05, 3.63) is 59.8 Å². The summed E-state index contributed by atoms with van der Waals surface area (Å²) in [6, 6.07) is 9.29. The number of carbonyl (C=O) groups excluding carboxylic acids is 2. The van der Waals surface area contributed by atoms with Gasteiger partial charge >= 0.3 is 5.51 Å². The number of thioether (sulfide) groups is 1. The minimum absolute atomic E-state index is 0.0128. The second kappa shape index (κ2) is 13.2. The van der Waals surface area contributed by atoms with Crippen LogP contribution in [0.5, 0.6) is 5.75 Å². The molecule has 4 N–H and O–H groups in total. The molecule has 5 heterocycles. The molecule has 3 aliphatic heterocycles. The van der Waals surface area contributed by atoms with Crippen molar-refractivity contribution in [2.45, 2.75) is 29.2 Å². The number of piperidine rings is 1. The number of benzene rings is 1. The number of pyridine rings is 1. The first-order chi connectivity index (χ1) is 20.6. The fraction of sp³-hybridized carbons (Fsp3) is 0.379. The average Bonchev–Trinajstić information content (AvgIpc) is 3.30. The molecular formula is C29H32F4N6O3S. The van der Waals surface area contributed by atoms with Crippen LogP contribution in [0.2, 0.25) is 0 Å². The van der Waals surface area contributed by atoms with Gasteiger partial charge in [0.2, 0.25) is 5.91 Å². The molecule has 0 spiro atoms. The largest absolute Gasteiger partial charge is 0.490 e. The average molecular weight is 621 g/mol. The van der Waals surface area contributed by atoms with Crippen molar-refractivity contribution in [2.75, 3.05) is 57.0 Å². The molecule has 2 aromatic heterocycles. The van der Waals surface area contributed by atoms with Crippen LogP contribution in [0.4, 0.5) is 28.9 Å². The van der Waals surface area contributed by atoms with E-state index in [2.05, 4.69) is 21.3 Å². The van der Waals surface area contributed by atoms with E-state index in [0.29, 0.717) is 46.7 Å². The monoisotopic (exact) mass is 620 g/mol. The third-order valence-electron chi connectivity index (χ3n) is 7.20. The van der Waals surface area contributed by atoms with Crippen molar-refractivity contribution in [2.24, 2.45) is 0 Å². The van der Waals surface area contributed by atoms with Gasteiger partial charge in [0.15, 0.2) is 0 Å². The summed E-state index contributed by atoms with van der Waals surface area (Å²) >= 11 is -0.212. The number of halogens is 4. The summed E-state index contributed by atoms with van der Waals surface area (Å²) < 4.78 is 63.4. The molecule has 4 bridgehead atoms. The van der Waals surface area contributed by atoms with Crippen molar-refractivity contribution >= 4 is 46.5 Å². The SMILES string of the molecule is CNC(=O)c1ccc2c(c1)OCCNC(=O)CN1CC[C@@H](Nc3cccn4c(SC(F)(F)F)c(cc34)/C=C\CN2)[C@@H](F)C1. The first kappa shape index (κ1) is 30.5. The van der Waals surface area contributed by atoms with E-state index in [-0.39, 0.29) is 61.4 Å². The second-order valence-electron chi connectivity index (χ2n) is 10.2. The fourth-order valence-electron chi connectivity index (χ4n) is 5.16. The van der Waals surface area contributed by atoms with Crippen molar-refractivity contribution < 1.29 is 31.9 Å². The number of anilines is 2. The summed E-state index contributed by atoms with van der Waals surface area (Å²) in [7, 11) is 1.51. The van der Waals surface area contributed by atoms with E-state index in [9.17, 15) is 22.8 Å². The zero-order valence-electron chi connectivity index (χ0n) is 23.3. The molecule has 6 rings (SSSR count). The molecule has 3 aromatic rings. The van der Waals surface area contributed by atoms with E-state index in [1.165, 1.54) is 11.4 Å². The third kappa shape index (κ3) is 7.54. The zero-order chi connectivity index (χ0) is 30.6. The summed E-state index contributed by atoms with van der Waals surface area (Å²) in [6.07, 6.45) is 3.95. The maximum absolute atomic E-state index is 15.3. The Morgan fingerprint density at radius 2 is 2.00 bits per heavy atom. The van der Waals surface area contributed by atoms with E-state index in [0.717, 1.165) is 0 Å². The van der Waals surface area contributed by atoms with Crippen LogP contribution in [-0.2, 0) is 4.79 Å². The molecule has 3 atom stereocenters. The Morgan fingerprint density at radius 1 is 1.16 bits per heavy atom. The van der Waals surface area contributed by atoms with Gasteiger partial charge in [0, 0.05) is 55.8 Å². The lowest BCUT2D eigenvalue weighted by Gasteiger charge is -2.35. The maximum atomic E-state index is 15.3. The minimum atomic E-state index is -4.52. The van der Waals surface area contributed by atoms with Gasteiger partial charge in [0.25, 0.3) is 5.91 Å². The highest BCUT2D eigenvalue weighted by molar-refractivity contribution is 8.00. The van der Waals surface area contributed by atoms with E-state index >= 15 is 4.39 Å². The van der Waals surface area contributed by atoms with E-state index in [4.69, 9.17) is 4.74 Å². The van der Waals surface area contributed by atoms with Gasteiger partial charge in [-0.2, -0.15) is 13.2 Å². The Balaban J connectivity index is 1.49. The first-order valence-electron chi connectivity index (χ1n) is 13.8. The van der Waals surface area contributed by atoms with Crippen molar-refractivity contribution in [1.29, 1.82) is 0 Å². The van der Waals surface area contributed by atoms with Crippen LogP contribution in [0.25, 0.3) is 11.6 Å². The molecule has 0 saturated carbocycles. The number of fused-ring (bicyclic) bond motifs is 9. The summed E-state index contributed by atoms with van der Waals surface area (Å²) in [4.78, 5) is 26.5. The van der Waals surface area contributed by atoms with Crippen molar-refractivity contribution in [1.82, 2.24) is 19.9 Å². The molecule has 43 heavy (non-hydrogen) atoms. The first-order valence-corrected chi connectivity index (χ1v) is 14.6. The van der Waals surface area contributed by atoms with Crippen LogP contribution in [0.3, 0.4) is 0 Å². The lowest BCUT2D eigenvalue weighted by atomic mass is 10.0. The molecule has 1 aromatic carbocycles. The van der Waals surface area contributed by atoms with Crippen LogP contribution in [0.15, 0.2) is 53.7 Å². The maximum Gasteiger partial charge on any atom is 0.447 e. The topological polar surface area (TPSA) is 99.1 Å². The number of hydrogen-bond donors (Lipinski definition) is 4. The van der Waals surface area contributed by atoms with E-state index < -0.39 is 17.7 Å². The highest BCUT2D eigenvalue weighted by atomic mass is 32.2. The number of aromatic nitrogens is 1. The molecule has 0 radical (unpaired) electrons. The standard InChI is InChI=1S/C29H32F4N6O3S/c1-34-27(41)18-6-7-23-25(15-18)42-13-10-36-26(40)17-38-12-8-21(20(30)16-38)37-22-5-3-11-39-24(22)14-19(4-2-9-35-23)28(39)43-29(31,32)33/h2-7,11,14-15,20-21,35,37H,8-10,12-13,16-17H2,1H3,(H,34,41)(H,36,40)/b4-2-/t20-,21+/m0/s1. The predicted octanol–water partition coefficient (Wildman–Crippen LogP) is 4.37. The number of amides is 2. The summed E-state index contributed by atoms with van der Waals surface area (Å²) in [6.45, 7) is 1.07.